The van der Waals surface area contributed by atoms with E-state index in [1.807, 2.05) is 66.7 Å². The first-order chi connectivity index (χ1) is 20.4. The summed E-state index contributed by atoms with van der Waals surface area (Å²) in [7, 11) is 0. The van der Waals surface area contributed by atoms with E-state index >= 15 is 0 Å². The third-order valence-corrected chi connectivity index (χ3v) is 7.54. The number of nitrogens with two attached hydrogens (primary N) is 1. The van der Waals surface area contributed by atoms with Gasteiger partial charge >= 0.3 is 12.0 Å². The van der Waals surface area contributed by atoms with Crippen LogP contribution in [0.5, 0.6) is 0 Å². The molecule has 0 bridgehead atoms. The molecule has 1 aliphatic rings. The van der Waals surface area contributed by atoms with Crippen LogP contribution in [0.1, 0.15) is 36.2 Å². The molecular formula is C32H36N6O4. The Morgan fingerprint density at radius 1 is 1.00 bits per heavy atom. The van der Waals surface area contributed by atoms with Crippen molar-refractivity contribution in [2.24, 2.45) is 5.73 Å². The molecule has 0 fully saturated rings. The highest BCUT2D eigenvalue weighted by atomic mass is 16.4. The van der Waals surface area contributed by atoms with Crippen LogP contribution in [-0.2, 0) is 29.1 Å². The molecule has 4 N–H and O–H groups in total. The van der Waals surface area contributed by atoms with Gasteiger partial charge in [-0.15, -0.1) is 0 Å². The van der Waals surface area contributed by atoms with Gasteiger partial charge in [0.1, 0.15) is 11.9 Å². The number of H-pyrrole nitrogens is 1. The zero-order chi connectivity index (χ0) is 29.5. The number of urea groups is 1. The van der Waals surface area contributed by atoms with E-state index in [0.29, 0.717) is 50.4 Å². The molecule has 4 aromatic rings. The Kier molecular flexibility index (Phi) is 9.13. The number of rotatable bonds is 11. The number of anilines is 1. The van der Waals surface area contributed by atoms with Crippen molar-refractivity contribution in [2.45, 2.75) is 44.8 Å². The summed E-state index contributed by atoms with van der Waals surface area (Å²) < 4.78 is 0. The van der Waals surface area contributed by atoms with Gasteiger partial charge in [-0.3, -0.25) is 14.5 Å². The lowest BCUT2D eigenvalue weighted by atomic mass is 10.1. The number of carbonyl (C=O) groups is 3. The predicted octanol–water partition coefficient (Wildman–Crippen LogP) is 4.16. The van der Waals surface area contributed by atoms with Gasteiger partial charge < -0.3 is 25.6 Å². The molecule has 0 aliphatic carbocycles. The second-order valence-electron chi connectivity index (χ2n) is 10.5. The van der Waals surface area contributed by atoms with Crippen LogP contribution in [0, 0.1) is 0 Å². The SMILES string of the molecule is NCCCCN(Cc1nc2ccccc2[nH]1)C(=O)N1c2ccccc2CN(CCc2ccccc2)C(=O)C1CC(=O)O. The van der Waals surface area contributed by atoms with Crippen molar-refractivity contribution in [1.82, 2.24) is 19.8 Å². The largest absolute Gasteiger partial charge is 0.481 e. The Labute approximate surface area is 244 Å². The van der Waals surface area contributed by atoms with Gasteiger partial charge in [0.2, 0.25) is 5.91 Å². The van der Waals surface area contributed by atoms with Crippen molar-refractivity contribution < 1.29 is 19.5 Å². The molecule has 1 aromatic heterocycles. The molecule has 0 radical (unpaired) electrons. The summed E-state index contributed by atoms with van der Waals surface area (Å²) in [5, 5.41) is 9.89. The number of carbonyl (C=O) groups excluding carboxylic acids is 2. The summed E-state index contributed by atoms with van der Waals surface area (Å²) in [6.45, 7) is 1.70. The minimum absolute atomic E-state index is 0.169. The minimum atomic E-state index is -1.21. The molecule has 42 heavy (non-hydrogen) atoms. The highest BCUT2D eigenvalue weighted by molar-refractivity contribution is 6.03. The minimum Gasteiger partial charge on any atom is -0.481 e. The van der Waals surface area contributed by atoms with Crippen LogP contribution in [0.2, 0.25) is 0 Å². The smallest absolute Gasteiger partial charge is 0.325 e. The third-order valence-electron chi connectivity index (χ3n) is 7.54. The molecule has 2 heterocycles. The van der Waals surface area contributed by atoms with E-state index in [0.717, 1.165) is 22.2 Å². The maximum atomic E-state index is 14.5. The Hall–Kier alpha value is -4.70. The van der Waals surface area contributed by atoms with E-state index in [1.165, 1.54) is 4.90 Å². The highest BCUT2D eigenvalue weighted by Crippen LogP contribution is 2.31. The molecule has 0 spiro atoms. The number of para-hydroxylation sites is 3. The van der Waals surface area contributed by atoms with Crippen LogP contribution < -0.4 is 10.6 Å². The van der Waals surface area contributed by atoms with E-state index in [-0.39, 0.29) is 19.0 Å². The molecule has 218 valence electrons. The maximum Gasteiger partial charge on any atom is 0.325 e. The zero-order valence-corrected chi connectivity index (χ0v) is 23.5. The van der Waals surface area contributed by atoms with Gasteiger partial charge in [0.05, 0.1) is 29.7 Å². The van der Waals surface area contributed by atoms with Gasteiger partial charge in [-0.25, -0.2) is 9.78 Å². The van der Waals surface area contributed by atoms with E-state index in [1.54, 1.807) is 21.9 Å². The summed E-state index contributed by atoms with van der Waals surface area (Å²) in [4.78, 5) is 53.3. The molecule has 10 heteroatoms. The summed E-state index contributed by atoms with van der Waals surface area (Å²) in [5.41, 5.74) is 9.79. The molecule has 5 rings (SSSR count). The van der Waals surface area contributed by atoms with Gasteiger partial charge in [-0.2, -0.15) is 0 Å². The number of aliphatic carboxylic acids is 1. The average molecular weight is 569 g/mol. The second-order valence-corrected chi connectivity index (χ2v) is 10.5. The zero-order valence-electron chi connectivity index (χ0n) is 23.5. The van der Waals surface area contributed by atoms with Crippen LogP contribution >= 0.6 is 0 Å². The van der Waals surface area contributed by atoms with Crippen molar-refractivity contribution in [2.75, 3.05) is 24.5 Å². The number of aromatic amines is 1. The lowest BCUT2D eigenvalue weighted by Gasteiger charge is -2.35. The standard InChI is InChI=1S/C32H36N6O4/c33-17-8-9-18-37(22-29-34-25-13-5-6-14-26(25)35-29)32(42)38-27-15-7-4-12-24(27)21-36(31(41)28(38)20-30(39)40)19-16-23-10-2-1-3-11-23/h1-7,10-15,28H,8-9,16-22,33H2,(H,34,35)(H,39,40). The maximum absolute atomic E-state index is 14.5. The topological polar surface area (TPSA) is 136 Å². The Bertz CT molecular complexity index is 1510. The number of nitrogens with zero attached hydrogens (tertiary/aromatic N) is 4. The number of carboxylic acids is 1. The van der Waals surface area contributed by atoms with Crippen LogP contribution in [0.3, 0.4) is 0 Å². The fourth-order valence-corrected chi connectivity index (χ4v) is 5.43. The van der Waals surface area contributed by atoms with Gasteiger partial charge in [-0.05, 0) is 55.1 Å². The molecule has 1 aliphatic heterocycles. The number of amides is 3. The summed E-state index contributed by atoms with van der Waals surface area (Å²) in [6.07, 6.45) is 1.46. The summed E-state index contributed by atoms with van der Waals surface area (Å²) in [6, 6.07) is 23.2. The summed E-state index contributed by atoms with van der Waals surface area (Å²) in [5.74, 6) is -0.935. The molecule has 0 saturated heterocycles. The second kappa shape index (κ2) is 13.3. The summed E-state index contributed by atoms with van der Waals surface area (Å²) >= 11 is 0. The van der Waals surface area contributed by atoms with Crippen molar-refractivity contribution >= 4 is 34.6 Å². The lowest BCUT2D eigenvalue weighted by molar-refractivity contribution is -0.142. The van der Waals surface area contributed by atoms with E-state index in [4.69, 9.17) is 5.73 Å². The molecule has 1 unspecified atom stereocenters. The molecule has 1 atom stereocenters. The van der Waals surface area contributed by atoms with E-state index in [2.05, 4.69) is 9.97 Å². The first-order valence-electron chi connectivity index (χ1n) is 14.3. The van der Waals surface area contributed by atoms with Crippen molar-refractivity contribution in [3.63, 3.8) is 0 Å². The molecule has 3 aromatic carbocycles. The third kappa shape index (κ3) is 6.60. The first-order valence-corrected chi connectivity index (χ1v) is 14.3. The number of carboxylic acid groups (broad SMARTS) is 1. The number of aromatic nitrogens is 2. The fraction of sp³-hybridized carbons (Fsp3) is 0.312. The quantitative estimate of drug-likeness (QED) is 0.233. The Morgan fingerprint density at radius 3 is 2.50 bits per heavy atom. The number of hydrogen-bond donors (Lipinski definition) is 3. The number of imidazole rings is 1. The number of hydrogen-bond acceptors (Lipinski definition) is 5. The average Bonchev–Trinajstić information content (AvgIpc) is 3.37. The Morgan fingerprint density at radius 2 is 1.74 bits per heavy atom. The van der Waals surface area contributed by atoms with Crippen LogP contribution in [0.25, 0.3) is 11.0 Å². The first kappa shape index (κ1) is 28.8. The van der Waals surface area contributed by atoms with Gasteiger partial charge in [0.25, 0.3) is 0 Å². The number of benzene rings is 3. The van der Waals surface area contributed by atoms with E-state index < -0.39 is 24.5 Å². The lowest BCUT2D eigenvalue weighted by Crippen LogP contribution is -2.54. The normalized spacial score (nSPS) is 15.0. The van der Waals surface area contributed by atoms with Crippen LogP contribution in [0.15, 0.2) is 78.9 Å². The molecule has 0 saturated carbocycles. The van der Waals surface area contributed by atoms with Crippen LogP contribution in [-0.4, -0.2) is 68.5 Å². The highest BCUT2D eigenvalue weighted by Gasteiger charge is 2.41. The van der Waals surface area contributed by atoms with Crippen LogP contribution in [0.4, 0.5) is 10.5 Å². The molecule has 10 nitrogen and oxygen atoms in total. The van der Waals surface area contributed by atoms with Gasteiger partial charge in [0.15, 0.2) is 0 Å². The van der Waals surface area contributed by atoms with Gasteiger partial charge in [-0.1, -0.05) is 60.7 Å². The number of nitrogens with one attached hydrogen (secondary N) is 1. The molecule has 3 amide bonds. The Balaban J connectivity index is 1.50. The monoisotopic (exact) mass is 568 g/mol. The number of fused-ring (bicyclic) bond motifs is 2. The van der Waals surface area contributed by atoms with E-state index in [9.17, 15) is 19.5 Å². The van der Waals surface area contributed by atoms with Crippen molar-refractivity contribution in [1.29, 1.82) is 0 Å². The molecular weight excluding hydrogens is 532 g/mol. The number of unbranched alkanes of at least 4 members (excludes halogenated alkanes) is 1. The van der Waals surface area contributed by atoms with Gasteiger partial charge in [0, 0.05) is 19.6 Å². The van der Waals surface area contributed by atoms with Crippen molar-refractivity contribution in [3.05, 3.63) is 95.8 Å². The fourth-order valence-electron chi connectivity index (χ4n) is 5.43. The van der Waals surface area contributed by atoms with Crippen molar-refractivity contribution in [3.8, 4) is 0 Å². The predicted molar refractivity (Wildman–Crippen MR) is 161 cm³/mol.